The van der Waals surface area contributed by atoms with Crippen LogP contribution in [-0.2, 0) is 20.0 Å². The molecule has 0 fully saturated rings. The summed E-state index contributed by atoms with van der Waals surface area (Å²) in [5, 5.41) is 8.36. The first-order chi connectivity index (χ1) is 11.5. The van der Waals surface area contributed by atoms with Gasteiger partial charge in [-0.2, -0.15) is 4.72 Å². The van der Waals surface area contributed by atoms with Crippen molar-refractivity contribution in [2.45, 2.75) is 16.0 Å². The van der Waals surface area contributed by atoms with E-state index in [0.717, 1.165) is 6.07 Å². The first-order valence-corrected chi connectivity index (χ1v) is 10.8. The van der Waals surface area contributed by atoms with E-state index in [-0.39, 0.29) is 20.6 Å². The molecule has 25 heavy (non-hydrogen) atoms. The smallest absolute Gasteiger partial charge is 0.244 e. The zero-order valence-corrected chi connectivity index (χ0v) is 16.0. The van der Waals surface area contributed by atoms with Crippen molar-refractivity contribution in [3.63, 3.8) is 0 Å². The Balaban J connectivity index is 2.12. The van der Waals surface area contributed by atoms with Gasteiger partial charge < -0.3 is 5.32 Å². The van der Waals surface area contributed by atoms with E-state index in [1.165, 1.54) is 18.2 Å². The monoisotopic (exact) mass is 441 g/mol. The van der Waals surface area contributed by atoms with E-state index in [1.54, 1.807) is 6.07 Å². The third-order valence-electron chi connectivity index (χ3n) is 3.48. The SMILES string of the molecule is NS(=O)(=O)c1cc2c(cc1Cl)N[C@@H](c1ccc(Cl)c(Cl)c1)NS2(=O)=O. The van der Waals surface area contributed by atoms with Gasteiger partial charge in [-0.15, -0.1) is 0 Å². The number of halogens is 3. The summed E-state index contributed by atoms with van der Waals surface area (Å²) in [6, 6.07) is 6.74. The summed E-state index contributed by atoms with van der Waals surface area (Å²) in [5.41, 5.74) is 0.641. The molecule has 0 saturated heterocycles. The molecule has 2 aromatic carbocycles. The van der Waals surface area contributed by atoms with Crippen molar-refractivity contribution in [2.24, 2.45) is 5.14 Å². The average Bonchev–Trinajstić information content (AvgIpc) is 2.47. The standard InChI is InChI=1S/C13H10Cl3N3O4S2/c14-7-2-1-6(3-8(7)15)13-18-10-4-9(16)11(24(17,20)21)5-12(10)25(22,23)19-13/h1-5,13,18-19H,(H2,17,20,21)/t13-/m1/s1. The minimum atomic E-state index is -4.18. The van der Waals surface area contributed by atoms with Crippen LogP contribution in [0.15, 0.2) is 40.1 Å². The minimum Gasteiger partial charge on any atom is -0.364 e. The lowest BCUT2D eigenvalue weighted by Crippen LogP contribution is -2.38. The van der Waals surface area contributed by atoms with E-state index < -0.39 is 31.1 Å². The molecule has 3 rings (SSSR count). The molecule has 0 saturated carbocycles. The van der Waals surface area contributed by atoms with Crippen molar-refractivity contribution in [3.05, 3.63) is 51.0 Å². The Kier molecular flexibility index (Phi) is 4.70. The molecule has 7 nitrogen and oxygen atoms in total. The van der Waals surface area contributed by atoms with Crippen LogP contribution >= 0.6 is 34.8 Å². The van der Waals surface area contributed by atoms with E-state index in [1.807, 2.05) is 0 Å². The fraction of sp³-hybridized carbons (Fsp3) is 0.0769. The van der Waals surface area contributed by atoms with Gasteiger partial charge in [-0.3, -0.25) is 0 Å². The van der Waals surface area contributed by atoms with Gasteiger partial charge in [-0.1, -0.05) is 40.9 Å². The predicted octanol–water partition coefficient (Wildman–Crippen LogP) is 2.70. The highest BCUT2D eigenvalue weighted by Crippen LogP contribution is 2.37. The van der Waals surface area contributed by atoms with Crippen LogP contribution in [0.25, 0.3) is 0 Å². The van der Waals surface area contributed by atoms with Gasteiger partial charge in [-0.05, 0) is 29.8 Å². The molecule has 0 bridgehead atoms. The van der Waals surface area contributed by atoms with Crippen LogP contribution in [0.1, 0.15) is 11.7 Å². The molecular formula is C13H10Cl3N3O4S2. The number of primary sulfonamides is 1. The van der Waals surface area contributed by atoms with Crippen molar-refractivity contribution in [1.29, 1.82) is 0 Å². The van der Waals surface area contributed by atoms with Gasteiger partial charge >= 0.3 is 0 Å². The molecule has 12 heteroatoms. The van der Waals surface area contributed by atoms with Gasteiger partial charge in [0.15, 0.2) is 0 Å². The van der Waals surface area contributed by atoms with Crippen LogP contribution in [0.2, 0.25) is 15.1 Å². The Morgan fingerprint density at radius 1 is 1.00 bits per heavy atom. The molecule has 1 atom stereocenters. The van der Waals surface area contributed by atoms with Gasteiger partial charge in [0, 0.05) is 0 Å². The number of hydrogen-bond acceptors (Lipinski definition) is 5. The third-order valence-corrected chi connectivity index (χ3v) is 7.06. The molecule has 1 heterocycles. The highest BCUT2D eigenvalue weighted by atomic mass is 35.5. The van der Waals surface area contributed by atoms with Crippen LogP contribution in [0, 0.1) is 0 Å². The maximum absolute atomic E-state index is 12.5. The molecule has 134 valence electrons. The summed E-state index contributed by atoms with van der Waals surface area (Å²) in [5.74, 6) is 0. The molecule has 4 N–H and O–H groups in total. The van der Waals surface area contributed by atoms with Crippen molar-refractivity contribution in [3.8, 4) is 0 Å². The second-order valence-corrected chi connectivity index (χ2v) is 9.63. The second kappa shape index (κ2) is 6.27. The minimum absolute atomic E-state index is 0.132. The van der Waals surface area contributed by atoms with Crippen LogP contribution in [-0.4, -0.2) is 16.8 Å². The number of nitrogens with one attached hydrogen (secondary N) is 2. The summed E-state index contributed by atoms with van der Waals surface area (Å²) >= 11 is 17.7. The van der Waals surface area contributed by atoms with Crippen LogP contribution < -0.4 is 15.2 Å². The van der Waals surface area contributed by atoms with Gasteiger partial charge in [0.25, 0.3) is 0 Å². The summed E-state index contributed by atoms with van der Waals surface area (Å²) in [4.78, 5) is -0.759. The van der Waals surface area contributed by atoms with E-state index in [9.17, 15) is 16.8 Å². The molecule has 1 aliphatic rings. The molecule has 0 radical (unpaired) electrons. The van der Waals surface area contributed by atoms with Crippen LogP contribution in [0.4, 0.5) is 5.69 Å². The van der Waals surface area contributed by atoms with Crippen LogP contribution in [0.5, 0.6) is 0 Å². The average molecular weight is 443 g/mol. The molecule has 0 aliphatic carbocycles. The normalized spacial score (nSPS) is 19.1. The molecule has 0 amide bonds. The Hall–Kier alpha value is -1.07. The summed E-state index contributed by atoms with van der Waals surface area (Å²) in [7, 11) is -8.21. The maximum atomic E-state index is 12.5. The van der Waals surface area contributed by atoms with E-state index >= 15 is 0 Å². The quantitative estimate of drug-likeness (QED) is 0.661. The predicted molar refractivity (Wildman–Crippen MR) is 96.0 cm³/mol. The van der Waals surface area contributed by atoms with Crippen molar-refractivity contribution in [1.82, 2.24) is 4.72 Å². The molecule has 0 aromatic heterocycles. The Morgan fingerprint density at radius 3 is 2.28 bits per heavy atom. The van der Waals surface area contributed by atoms with Crippen molar-refractivity contribution in [2.75, 3.05) is 5.32 Å². The number of nitrogens with two attached hydrogens (primary N) is 1. The van der Waals surface area contributed by atoms with E-state index in [4.69, 9.17) is 39.9 Å². The van der Waals surface area contributed by atoms with Crippen molar-refractivity contribution >= 4 is 60.5 Å². The first kappa shape index (κ1) is 18.7. The number of rotatable bonds is 2. The molecular weight excluding hydrogens is 433 g/mol. The number of sulfonamides is 2. The highest BCUT2D eigenvalue weighted by molar-refractivity contribution is 7.90. The van der Waals surface area contributed by atoms with Gasteiger partial charge in [-0.25, -0.2) is 22.0 Å². The first-order valence-electron chi connectivity index (χ1n) is 6.59. The number of fused-ring (bicyclic) bond motifs is 1. The van der Waals surface area contributed by atoms with Crippen LogP contribution in [0.3, 0.4) is 0 Å². The molecule has 1 aliphatic heterocycles. The van der Waals surface area contributed by atoms with E-state index in [2.05, 4.69) is 10.0 Å². The topological polar surface area (TPSA) is 118 Å². The third kappa shape index (κ3) is 3.59. The lowest BCUT2D eigenvalue weighted by Gasteiger charge is -2.29. The van der Waals surface area contributed by atoms with E-state index in [0.29, 0.717) is 10.6 Å². The summed E-state index contributed by atoms with van der Waals surface area (Å²) in [6.45, 7) is 0. The largest absolute Gasteiger partial charge is 0.364 e. The van der Waals surface area contributed by atoms with Gasteiger partial charge in [0.2, 0.25) is 20.0 Å². The fourth-order valence-electron chi connectivity index (χ4n) is 2.33. The Bertz CT molecular complexity index is 1090. The lowest BCUT2D eigenvalue weighted by atomic mass is 10.1. The van der Waals surface area contributed by atoms with Crippen molar-refractivity contribution < 1.29 is 16.8 Å². The molecule has 0 unspecified atom stereocenters. The Morgan fingerprint density at radius 2 is 1.68 bits per heavy atom. The number of benzene rings is 2. The maximum Gasteiger partial charge on any atom is 0.244 e. The molecule has 0 spiro atoms. The molecule has 2 aromatic rings. The van der Waals surface area contributed by atoms with Gasteiger partial charge in [0.05, 0.1) is 20.8 Å². The number of anilines is 1. The lowest BCUT2D eigenvalue weighted by molar-refractivity contribution is 0.562. The Labute approximate surface area is 159 Å². The zero-order chi connectivity index (χ0) is 18.6. The summed E-state index contributed by atoms with van der Waals surface area (Å²) in [6.07, 6.45) is -0.844. The fourth-order valence-corrected chi connectivity index (χ4v) is 5.13. The highest BCUT2D eigenvalue weighted by Gasteiger charge is 2.32. The number of hydrogen-bond donors (Lipinski definition) is 3. The zero-order valence-electron chi connectivity index (χ0n) is 12.1. The van der Waals surface area contributed by atoms with Gasteiger partial charge in [0.1, 0.15) is 16.0 Å². The second-order valence-electron chi connectivity index (χ2n) is 5.20. The summed E-state index contributed by atoms with van der Waals surface area (Å²) < 4.78 is 50.5.